The number of rotatable bonds is 5. The van der Waals surface area contributed by atoms with Gasteiger partial charge in [-0.15, -0.1) is 0 Å². The summed E-state index contributed by atoms with van der Waals surface area (Å²) in [5.74, 6) is -0.263. The number of hydrogen-bond acceptors (Lipinski definition) is 2. The third-order valence-corrected chi connectivity index (χ3v) is 4.63. The molecule has 5 heteroatoms. The lowest BCUT2D eigenvalue weighted by atomic mass is 9.88. The fourth-order valence-electron chi connectivity index (χ4n) is 2.48. The van der Waals surface area contributed by atoms with Gasteiger partial charge in [0.05, 0.1) is 15.9 Å². The van der Waals surface area contributed by atoms with Crippen LogP contribution < -0.4 is 5.73 Å². The zero-order valence-electron chi connectivity index (χ0n) is 12.7. The van der Waals surface area contributed by atoms with Crippen molar-refractivity contribution >= 4 is 15.9 Å². The van der Waals surface area contributed by atoms with Crippen LogP contribution in [0.3, 0.4) is 0 Å². The van der Waals surface area contributed by atoms with Crippen molar-refractivity contribution in [3.8, 4) is 0 Å². The number of aromatic nitrogens is 2. The molecule has 0 aliphatic heterocycles. The van der Waals surface area contributed by atoms with E-state index >= 15 is 0 Å². The van der Waals surface area contributed by atoms with Crippen molar-refractivity contribution in [2.75, 3.05) is 0 Å². The van der Waals surface area contributed by atoms with Crippen molar-refractivity contribution in [1.82, 2.24) is 9.78 Å². The third-order valence-electron chi connectivity index (χ3n) is 3.71. The van der Waals surface area contributed by atoms with Crippen molar-refractivity contribution in [3.05, 3.63) is 51.5 Å². The normalized spacial score (nSPS) is 14.2. The minimum Gasteiger partial charge on any atom is -0.321 e. The second-order valence-corrected chi connectivity index (χ2v) is 6.27. The topological polar surface area (TPSA) is 43.8 Å². The maximum atomic E-state index is 13.4. The van der Waals surface area contributed by atoms with Crippen LogP contribution in [0.4, 0.5) is 4.39 Å². The lowest BCUT2D eigenvalue weighted by Gasteiger charge is -2.26. The number of nitrogens with two attached hydrogens (primary N) is 1. The van der Waals surface area contributed by atoms with Crippen molar-refractivity contribution < 1.29 is 4.39 Å². The van der Waals surface area contributed by atoms with Crippen LogP contribution in [0.15, 0.2) is 28.7 Å². The van der Waals surface area contributed by atoms with E-state index < -0.39 is 5.54 Å². The van der Waals surface area contributed by atoms with Gasteiger partial charge in [-0.25, -0.2) is 4.39 Å². The van der Waals surface area contributed by atoms with E-state index in [2.05, 4.69) is 34.9 Å². The van der Waals surface area contributed by atoms with Crippen LogP contribution in [-0.2, 0) is 24.9 Å². The van der Waals surface area contributed by atoms with Gasteiger partial charge in [-0.3, -0.25) is 4.68 Å². The smallest absolute Gasteiger partial charge is 0.123 e. The lowest BCUT2D eigenvalue weighted by molar-refractivity contribution is 0.459. The summed E-state index contributed by atoms with van der Waals surface area (Å²) in [6.45, 7) is 6.84. The Morgan fingerprint density at radius 3 is 2.67 bits per heavy atom. The van der Waals surface area contributed by atoms with Crippen molar-refractivity contribution in [1.29, 1.82) is 0 Å². The summed E-state index contributed by atoms with van der Waals surface area (Å²) in [7, 11) is 0. The van der Waals surface area contributed by atoms with Crippen LogP contribution in [-0.4, -0.2) is 9.78 Å². The van der Waals surface area contributed by atoms with Gasteiger partial charge < -0.3 is 5.73 Å². The second-order valence-electron chi connectivity index (χ2n) is 5.48. The van der Waals surface area contributed by atoms with Gasteiger partial charge >= 0.3 is 0 Å². The molecule has 0 aliphatic carbocycles. The van der Waals surface area contributed by atoms with Crippen molar-refractivity contribution in [3.63, 3.8) is 0 Å². The molecule has 2 aromatic rings. The van der Waals surface area contributed by atoms with E-state index in [9.17, 15) is 4.39 Å². The average Bonchev–Trinajstić information content (AvgIpc) is 2.75. The molecule has 0 saturated carbocycles. The highest BCUT2D eigenvalue weighted by Gasteiger charge is 2.26. The first kappa shape index (κ1) is 16.2. The predicted molar refractivity (Wildman–Crippen MR) is 86.6 cm³/mol. The Labute approximate surface area is 133 Å². The summed E-state index contributed by atoms with van der Waals surface area (Å²) < 4.78 is 16.4. The summed E-state index contributed by atoms with van der Waals surface area (Å²) in [6.07, 6.45) is 1.46. The summed E-state index contributed by atoms with van der Waals surface area (Å²) >= 11 is 3.63. The second kappa shape index (κ2) is 6.28. The first-order valence-corrected chi connectivity index (χ1v) is 7.97. The van der Waals surface area contributed by atoms with Crippen LogP contribution in [0.5, 0.6) is 0 Å². The fraction of sp³-hybridized carbons (Fsp3) is 0.438. The molecule has 0 spiro atoms. The highest BCUT2D eigenvalue weighted by Crippen LogP contribution is 2.29. The third kappa shape index (κ3) is 3.35. The molecule has 0 aliphatic rings. The van der Waals surface area contributed by atoms with Gasteiger partial charge in [0.15, 0.2) is 0 Å². The van der Waals surface area contributed by atoms with E-state index in [4.69, 9.17) is 5.73 Å². The summed E-state index contributed by atoms with van der Waals surface area (Å²) in [5.41, 5.74) is 8.68. The number of benzene rings is 1. The van der Waals surface area contributed by atoms with E-state index in [1.165, 1.54) is 12.1 Å². The molecule has 1 aromatic carbocycles. The predicted octanol–water partition coefficient (Wildman–Crippen LogP) is 3.78. The van der Waals surface area contributed by atoms with Gasteiger partial charge in [-0.1, -0.05) is 19.1 Å². The van der Waals surface area contributed by atoms with E-state index in [0.29, 0.717) is 6.42 Å². The number of halogens is 2. The molecule has 0 saturated heterocycles. The number of hydrogen-bond donors (Lipinski definition) is 1. The van der Waals surface area contributed by atoms with Gasteiger partial charge in [-0.2, -0.15) is 5.10 Å². The lowest BCUT2D eigenvalue weighted by Crippen LogP contribution is -2.36. The Morgan fingerprint density at radius 2 is 2.10 bits per heavy atom. The van der Waals surface area contributed by atoms with Gasteiger partial charge in [0.1, 0.15) is 5.82 Å². The van der Waals surface area contributed by atoms with Gasteiger partial charge in [-0.05, 0) is 53.9 Å². The maximum Gasteiger partial charge on any atom is 0.123 e. The quantitative estimate of drug-likeness (QED) is 0.888. The first-order valence-electron chi connectivity index (χ1n) is 7.18. The molecule has 21 heavy (non-hydrogen) atoms. The first-order chi connectivity index (χ1) is 9.89. The molecule has 0 fully saturated rings. The SMILES string of the molecule is CCc1nn(CC)c(CC(C)(N)c2cccc(F)c2)c1Br. The zero-order chi connectivity index (χ0) is 15.6. The van der Waals surface area contributed by atoms with Gasteiger partial charge in [0.25, 0.3) is 0 Å². The van der Waals surface area contributed by atoms with Crippen LogP contribution in [0.25, 0.3) is 0 Å². The van der Waals surface area contributed by atoms with E-state index in [1.807, 2.05) is 17.7 Å². The van der Waals surface area contributed by atoms with Crippen LogP contribution in [0.1, 0.15) is 37.7 Å². The zero-order valence-corrected chi connectivity index (χ0v) is 14.2. The molecule has 0 radical (unpaired) electrons. The van der Waals surface area contributed by atoms with Crippen LogP contribution in [0, 0.1) is 5.82 Å². The Balaban J connectivity index is 2.38. The number of aryl methyl sites for hydroxylation is 2. The summed E-state index contributed by atoms with van der Waals surface area (Å²) in [5, 5.41) is 4.58. The highest BCUT2D eigenvalue weighted by atomic mass is 79.9. The van der Waals surface area contributed by atoms with Crippen molar-refractivity contribution in [2.24, 2.45) is 5.73 Å². The Kier molecular flexibility index (Phi) is 4.84. The molecule has 1 unspecified atom stereocenters. The summed E-state index contributed by atoms with van der Waals surface area (Å²) in [4.78, 5) is 0. The van der Waals surface area contributed by atoms with E-state index in [-0.39, 0.29) is 5.82 Å². The largest absolute Gasteiger partial charge is 0.321 e. The molecule has 1 aromatic heterocycles. The Bertz CT molecular complexity index is 634. The standard InChI is InChI=1S/C16H21BrFN3/c1-4-13-15(17)14(21(5-2)20-13)10-16(3,19)11-7-6-8-12(18)9-11/h6-9H,4-5,10,19H2,1-3H3. The van der Waals surface area contributed by atoms with Crippen LogP contribution in [0.2, 0.25) is 0 Å². The van der Waals surface area contributed by atoms with E-state index in [1.54, 1.807) is 6.07 Å². The Hall–Kier alpha value is -1.20. The van der Waals surface area contributed by atoms with Crippen LogP contribution >= 0.6 is 15.9 Å². The highest BCUT2D eigenvalue weighted by molar-refractivity contribution is 9.10. The minimum absolute atomic E-state index is 0.263. The van der Waals surface area contributed by atoms with Crippen molar-refractivity contribution in [2.45, 2.75) is 45.7 Å². The molecule has 1 atom stereocenters. The average molecular weight is 354 g/mol. The molecule has 0 bridgehead atoms. The summed E-state index contributed by atoms with van der Waals surface area (Å²) in [6, 6.07) is 6.49. The minimum atomic E-state index is -0.650. The fourth-order valence-corrected chi connectivity index (χ4v) is 3.18. The number of nitrogens with zero attached hydrogens (tertiary/aromatic N) is 2. The molecule has 114 valence electrons. The Morgan fingerprint density at radius 1 is 1.38 bits per heavy atom. The van der Waals surface area contributed by atoms with Gasteiger partial charge in [0.2, 0.25) is 0 Å². The molecule has 2 N–H and O–H groups in total. The molecule has 0 amide bonds. The molecule has 1 heterocycles. The molecular formula is C16H21BrFN3. The van der Waals surface area contributed by atoms with E-state index in [0.717, 1.165) is 34.4 Å². The van der Waals surface area contributed by atoms with Gasteiger partial charge in [0, 0.05) is 18.5 Å². The molecule has 3 nitrogen and oxygen atoms in total. The monoisotopic (exact) mass is 353 g/mol. The molecular weight excluding hydrogens is 333 g/mol. The molecule has 2 rings (SSSR count). The maximum absolute atomic E-state index is 13.4.